The van der Waals surface area contributed by atoms with Crippen molar-refractivity contribution in [3.63, 3.8) is 0 Å². The number of amides is 1. The number of esters is 1. The molecule has 1 heterocycles. The standard InChI is InChI=1S/C17H22BrNO4S/c1-11-7-15(12(2)6-14(11)18)24-10-17(21)23-9-16(20)19-8-13-4-3-5-22-13/h6-7,13H,3-5,8-10H2,1-2H3,(H,19,20)/t13-/m1/s1. The molecule has 0 unspecified atom stereocenters. The van der Waals surface area contributed by atoms with Gasteiger partial charge in [0, 0.05) is 22.5 Å². The van der Waals surface area contributed by atoms with Crippen LogP contribution in [0.2, 0.25) is 0 Å². The molecule has 0 saturated carbocycles. The van der Waals surface area contributed by atoms with Crippen LogP contribution in [0.1, 0.15) is 24.0 Å². The Hall–Kier alpha value is -1.05. The molecule has 0 aromatic heterocycles. The third-order valence-electron chi connectivity index (χ3n) is 3.72. The summed E-state index contributed by atoms with van der Waals surface area (Å²) in [5, 5.41) is 2.72. The predicted octanol–water partition coefficient (Wildman–Crippen LogP) is 3.00. The lowest BCUT2D eigenvalue weighted by atomic mass is 10.2. The van der Waals surface area contributed by atoms with Gasteiger partial charge in [-0.25, -0.2) is 0 Å². The van der Waals surface area contributed by atoms with Crippen LogP contribution < -0.4 is 5.32 Å². The third-order valence-corrected chi connectivity index (χ3v) is 5.70. The van der Waals surface area contributed by atoms with Crippen LogP contribution in [0.15, 0.2) is 21.5 Å². The number of rotatable bonds is 7. The van der Waals surface area contributed by atoms with E-state index in [9.17, 15) is 9.59 Å². The molecule has 1 N–H and O–H groups in total. The molecule has 1 aromatic carbocycles. The first-order chi connectivity index (χ1) is 11.5. The molecule has 24 heavy (non-hydrogen) atoms. The lowest BCUT2D eigenvalue weighted by Crippen LogP contribution is -2.35. The van der Waals surface area contributed by atoms with Crippen molar-refractivity contribution in [1.82, 2.24) is 5.32 Å². The van der Waals surface area contributed by atoms with E-state index in [2.05, 4.69) is 21.2 Å². The van der Waals surface area contributed by atoms with Gasteiger partial charge in [0.05, 0.1) is 11.9 Å². The number of ether oxygens (including phenoxy) is 2. The van der Waals surface area contributed by atoms with Gasteiger partial charge >= 0.3 is 5.97 Å². The lowest BCUT2D eigenvalue weighted by Gasteiger charge is -2.11. The maximum absolute atomic E-state index is 11.8. The van der Waals surface area contributed by atoms with Crippen molar-refractivity contribution in [1.29, 1.82) is 0 Å². The van der Waals surface area contributed by atoms with Gasteiger partial charge in [0.2, 0.25) is 0 Å². The zero-order chi connectivity index (χ0) is 17.5. The molecule has 7 heteroatoms. The SMILES string of the molecule is Cc1cc(SCC(=O)OCC(=O)NC[C@H]2CCCO2)c(C)cc1Br. The van der Waals surface area contributed by atoms with Crippen LogP contribution >= 0.6 is 27.7 Å². The van der Waals surface area contributed by atoms with Gasteiger partial charge in [0.1, 0.15) is 0 Å². The number of hydrogen-bond acceptors (Lipinski definition) is 5. The number of carbonyl (C=O) groups is 2. The largest absolute Gasteiger partial charge is 0.455 e. The molecule has 0 aliphatic carbocycles. The highest BCUT2D eigenvalue weighted by Crippen LogP contribution is 2.28. The molecule has 2 rings (SSSR count). The van der Waals surface area contributed by atoms with Crippen molar-refractivity contribution >= 4 is 39.6 Å². The smallest absolute Gasteiger partial charge is 0.316 e. The minimum Gasteiger partial charge on any atom is -0.455 e. The van der Waals surface area contributed by atoms with E-state index in [-0.39, 0.29) is 24.4 Å². The van der Waals surface area contributed by atoms with E-state index in [0.717, 1.165) is 39.9 Å². The number of halogens is 1. The fraction of sp³-hybridized carbons (Fsp3) is 0.529. The van der Waals surface area contributed by atoms with Crippen molar-refractivity contribution < 1.29 is 19.1 Å². The Bertz CT molecular complexity index is 602. The van der Waals surface area contributed by atoms with Crippen LogP contribution in [0.3, 0.4) is 0 Å². The molecule has 0 bridgehead atoms. The Morgan fingerprint density at radius 3 is 2.88 bits per heavy atom. The van der Waals surface area contributed by atoms with Gasteiger partial charge in [-0.1, -0.05) is 15.9 Å². The summed E-state index contributed by atoms with van der Waals surface area (Å²) < 4.78 is 11.5. The highest BCUT2D eigenvalue weighted by Gasteiger charge is 2.16. The van der Waals surface area contributed by atoms with Crippen LogP contribution in [0.5, 0.6) is 0 Å². The molecule has 1 aromatic rings. The fourth-order valence-corrected chi connectivity index (χ4v) is 3.68. The zero-order valence-electron chi connectivity index (χ0n) is 13.9. The number of hydrogen-bond donors (Lipinski definition) is 1. The fourth-order valence-electron chi connectivity index (χ4n) is 2.32. The van der Waals surface area contributed by atoms with E-state index in [0.29, 0.717) is 6.54 Å². The van der Waals surface area contributed by atoms with E-state index in [1.165, 1.54) is 11.8 Å². The van der Waals surface area contributed by atoms with Crippen molar-refractivity contribution in [2.75, 3.05) is 25.5 Å². The minimum absolute atomic E-state index is 0.0869. The van der Waals surface area contributed by atoms with Gasteiger partial charge < -0.3 is 14.8 Å². The van der Waals surface area contributed by atoms with E-state index in [1.807, 2.05) is 26.0 Å². The van der Waals surface area contributed by atoms with Crippen LogP contribution in [-0.4, -0.2) is 43.5 Å². The first-order valence-electron chi connectivity index (χ1n) is 7.89. The number of carbonyl (C=O) groups excluding carboxylic acids is 2. The summed E-state index contributed by atoms with van der Waals surface area (Å²) in [7, 11) is 0. The topological polar surface area (TPSA) is 64.6 Å². The summed E-state index contributed by atoms with van der Waals surface area (Å²) in [6.07, 6.45) is 2.08. The van der Waals surface area contributed by atoms with Crippen molar-refractivity contribution in [3.05, 3.63) is 27.7 Å². The summed E-state index contributed by atoms with van der Waals surface area (Å²) in [4.78, 5) is 24.5. The summed E-state index contributed by atoms with van der Waals surface area (Å²) >= 11 is 4.90. The molecule has 1 fully saturated rings. The van der Waals surface area contributed by atoms with Gasteiger partial charge in [-0.2, -0.15) is 0 Å². The van der Waals surface area contributed by atoms with Gasteiger partial charge in [-0.15, -0.1) is 11.8 Å². The number of aryl methyl sites for hydroxylation is 2. The van der Waals surface area contributed by atoms with Gasteiger partial charge in [-0.05, 0) is 49.9 Å². The summed E-state index contributed by atoms with van der Waals surface area (Å²) in [5.41, 5.74) is 2.21. The molecule has 0 radical (unpaired) electrons. The van der Waals surface area contributed by atoms with Crippen molar-refractivity contribution in [2.45, 2.75) is 37.7 Å². The molecular weight excluding hydrogens is 394 g/mol. The average Bonchev–Trinajstić information content (AvgIpc) is 3.06. The average molecular weight is 416 g/mol. The molecule has 132 valence electrons. The van der Waals surface area contributed by atoms with E-state index in [1.54, 1.807) is 0 Å². The van der Waals surface area contributed by atoms with Crippen LogP contribution in [0, 0.1) is 13.8 Å². The first-order valence-corrected chi connectivity index (χ1v) is 9.67. The second-order valence-electron chi connectivity index (χ2n) is 5.76. The number of benzene rings is 1. The van der Waals surface area contributed by atoms with Crippen LogP contribution in [0.25, 0.3) is 0 Å². The van der Waals surface area contributed by atoms with Crippen molar-refractivity contribution in [2.24, 2.45) is 0 Å². The molecule has 1 atom stereocenters. The summed E-state index contributed by atoms with van der Waals surface area (Å²) in [6, 6.07) is 4.06. The predicted molar refractivity (Wildman–Crippen MR) is 97.3 cm³/mol. The normalized spacial score (nSPS) is 16.9. The maximum atomic E-state index is 11.8. The second kappa shape index (κ2) is 9.44. The Balaban J connectivity index is 1.67. The van der Waals surface area contributed by atoms with Crippen LogP contribution in [0.4, 0.5) is 0 Å². The number of nitrogens with one attached hydrogen (secondary N) is 1. The maximum Gasteiger partial charge on any atom is 0.316 e. The summed E-state index contributed by atoms with van der Waals surface area (Å²) in [5.74, 6) is -0.507. The zero-order valence-corrected chi connectivity index (χ0v) is 16.3. The van der Waals surface area contributed by atoms with Crippen molar-refractivity contribution in [3.8, 4) is 0 Å². The molecule has 5 nitrogen and oxygen atoms in total. The molecule has 1 aliphatic heterocycles. The quantitative estimate of drug-likeness (QED) is 0.547. The van der Waals surface area contributed by atoms with E-state index >= 15 is 0 Å². The monoisotopic (exact) mass is 415 g/mol. The molecular formula is C17H22BrNO4S. The number of thioether (sulfide) groups is 1. The second-order valence-corrected chi connectivity index (χ2v) is 7.63. The Morgan fingerprint density at radius 1 is 1.38 bits per heavy atom. The highest BCUT2D eigenvalue weighted by molar-refractivity contribution is 9.10. The first kappa shape index (κ1) is 19.3. The molecule has 1 aliphatic rings. The Morgan fingerprint density at radius 2 is 2.17 bits per heavy atom. The summed E-state index contributed by atoms with van der Waals surface area (Å²) in [6.45, 7) is 4.98. The highest BCUT2D eigenvalue weighted by atomic mass is 79.9. The Kier molecular flexibility index (Phi) is 7.58. The third kappa shape index (κ3) is 6.11. The minimum atomic E-state index is -0.396. The molecule has 1 saturated heterocycles. The van der Waals surface area contributed by atoms with Crippen LogP contribution in [-0.2, 0) is 19.1 Å². The van der Waals surface area contributed by atoms with Gasteiger partial charge in [0.25, 0.3) is 5.91 Å². The lowest BCUT2D eigenvalue weighted by molar-refractivity contribution is -0.146. The van der Waals surface area contributed by atoms with Gasteiger partial charge in [0.15, 0.2) is 6.61 Å². The Labute approximate surface area is 155 Å². The van der Waals surface area contributed by atoms with E-state index < -0.39 is 5.97 Å². The van der Waals surface area contributed by atoms with E-state index in [4.69, 9.17) is 9.47 Å². The molecule has 1 amide bonds. The van der Waals surface area contributed by atoms with Gasteiger partial charge in [-0.3, -0.25) is 9.59 Å². The molecule has 0 spiro atoms.